The number of methoxy groups -OCH3 is 1. The van der Waals surface area contributed by atoms with Gasteiger partial charge in [0, 0.05) is 11.8 Å². The molecule has 2 rings (SSSR count). The second-order valence-electron chi connectivity index (χ2n) is 4.15. The van der Waals surface area contributed by atoms with E-state index in [1.54, 1.807) is 31.5 Å². The fourth-order valence-corrected chi connectivity index (χ4v) is 1.87. The van der Waals surface area contributed by atoms with Crippen LogP contribution in [0.5, 0.6) is 5.75 Å². The van der Waals surface area contributed by atoms with E-state index in [1.807, 2.05) is 31.2 Å². The van der Waals surface area contributed by atoms with Crippen LogP contribution in [0.4, 0.5) is 0 Å². The maximum atomic E-state index is 12.0. The van der Waals surface area contributed by atoms with Gasteiger partial charge in [-0.05, 0) is 25.1 Å². The van der Waals surface area contributed by atoms with Crippen LogP contribution in [0.3, 0.4) is 0 Å². The number of hydrogen-bond acceptors (Lipinski definition) is 3. The van der Waals surface area contributed by atoms with Gasteiger partial charge >= 0.3 is 0 Å². The van der Waals surface area contributed by atoms with Crippen LogP contribution in [0.15, 0.2) is 48.7 Å². The van der Waals surface area contributed by atoms with Crippen LogP contribution in [-0.2, 0) is 0 Å². The van der Waals surface area contributed by atoms with Crippen LogP contribution in [0.2, 0.25) is 0 Å². The van der Waals surface area contributed by atoms with Crippen molar-refractivity contribution in [2.45, 2.75) is 13.0 Å². The molecule has 98 valence electrons. The maximum absolute atomic E-state index is 12.0. The Morgan fingerprint density at radius 3 is 2.63 bits per heavy atom. The summed E-state index contributed by atoms with van der Waals surface area (Å²) in [5.41, 5.74) is 1.35. The van der Waals surface area contributed by atoms with Crippen molar-refractivity contribution in [2.75, 3.05) is 7.11 Å². The van der Waals surface area contributed by atoms with E-state index >= 15 is 0 Å². The lowest BCUT2D eigenvalue weighted by Gasteiger charge is -2.16. The van der Waals surface area contributed by atoms with Gasteiger partial charge in [0.05, 0.1) is 13.2 Å². The Labute approximate surface area is 112 Å². The fourth-order valence-electron chi connectivity index (χ4n) is 1.87. The summed E-state index contributed by atoms with van der Waals surface area (Å²) in [7, 11) is 1.62. The standard InChI is InChI=1S/C15H16N2O2/c1-11(12-7-3-4-9-14(12)19-2)17-15(18)13-8-5-6-10-16-13/h3-11H,1-2H3,(H,17,18). The highest BCUT2D eigenvalue weighted by atomic mass is 16.5. The van der Waals surface area contributed by atoms with E-state index in [-0.39, 0.29) is 11.9 Å². The average molecular weight is 256 g/mol. The van der Waals surface area contributed by atoms with Gasteiger partial charge in [0.2, 0.25) is 0 Å². The molecule has 1 atom stereocenters. The molecule has 1 aromatic carbocycles. The second kappa shape index (κ2) is 6.00. The predicted molar refractivity (Wildman–Crippen MR) is 73.1 cm³/mol. The van der Waals surface area contributed by atoms with Crippen LogP contribution in [0.1, 0.15) is 29.0 Å². The topological polar surface area (TPSA) is 51.2 Å². The van der Waals surface area contributed by atoms with Crippen molar-refractivity contribution in [3.05, 3.63) is 59.9 Å². The molecule has 0 spiro atoms. The van der Waals surface area contributed by atoms with Gasteiger partial charge in [-0.2, -0.15) is 0 Å². The number of carbonyl (C=O) groups is 1. The molecule has 0 bridgehead atoms. The monoisotopic (exact) mass is 256 g/mol. The number of rotatable bonds is 4. The third-order valence-electron chi connectivity index (χ3n) is 2.85. The van der Waals surface area contributed by atoms with Gasteiger partial charge in [-0.15, -0.1) is 0 Å². The molecule has 0 aliphatic heterocycles. The molecule has 0 saturated heterocycles. The number of hydrogen-bond donors (Lipinski definition) is 1. The summed E-state index contributed by atoms with van der Waals surface area (Å²) < 4.78 is 5.29. The minimum absolute atomic E-state index is 0.148. The molecule has 1 unspecified atom stereocenters. The van der Waals surface area contributed by atoms with Crippen molar-refractivity contribution in [1.82, 2.24) is 10.3 Å². The SMILES string of the molecule is COc1ccccc1C(C)NC(=O)c1ccccn1. The first-order chi connectivity index (χ1) is 9.22. The van der Waals surface area contributed by atoms with E-state index in [2.05, 4.69) is 10.3 Å². The molecule has 1 aromatic heterocycles. The first kappa shape index (κ1) is 13.1. The molecule has 0 aliphatic rings. The van der Waals surface area contributed by atoms with E-state index in [9.17, 15) is 4.79 Å². The van der Waals surface area contributed by atoms with Crippen LogP contribution in [0, 0.1) is 0 Å². The molecular formula is C15H16N2O2. The summed E-state index contributed by atoms with van der Waals surface area (Å²) in [6.07, 6.45) is 1.60. The molecule has 2 aromatic rings. The Bertz CT molecular complexity index is 555. The highest BCUT2D eigenvalue weighted by Gasteiger charge is 2.14. The van der Waals surface area contributed by atoms with Crippen molar-refractivity contribution in [2.24, 2.45) is 0 Å². The number of nitrogens with zero attached hydrogens (tertiary/aromatic N) is 1. The Hall–Kier alpha value is -2.36. The van der Waals surface area contributed by atoms with Crippen molar-refractivity contribution in [3.63, 3.8) is 0 Å². The molecule has 0 radical (unpaired) electrons. The van der Waals surface area contributed by atoms with Crippen molar-refractivity contribution < 1.29 is 9.53 Å². The molecule has 1 N–H and O–H groups in total. The molecule has 4 heteroatoms. The van der Waals surface area contributed by atoms with Gasteiger partial charge in [-0.1, -0.05) is 24.3 Å². The summed E-state index contributed by atoms with van der Waals surface area (Å²) >= 11 is 0. The molecule has 0 saturated carbocycles. The third kappa shape index (κ3) is 3.10. The van der Waals surface area contributed by atoms with E-state index < -0.39 is 0 Å². The van der Waals surface area contributed by atoms with Gasteiger partial charge in [0.1, 0.15) is 11.4 Å². The lowest BCUT2D eigenvalue weighted by molar-refractivity contribution is 0.0934. The van der Waals surface area contributed by atoms with Gasteiger partial charge in [-0.25, -0.2) is 0 Å². The summed E-state index contributed by atoms with van der Waals surface area (Å²) in [6.45, 7) is 1.92. The average Bonchev–Trinajstić information content (AvgIpc) is 2.48. The lowest BCUT2D eigenvalue weighted by atomic mass is 10.1. The largest absolute Gasteiger partial charge is 0.496 e. The zero-order chi connectivity index (χ0) is 13.7. The Morgan fingerprint density at radius 1 is 1.21 bits per heavy atom. The molecule has 1 amide bonds. The Morgan fingerprint density at radius 2 is 1.95 bits per heavy atom. The minimum atomic E-state index is -0.195. The lowest BCUT2D eigenvalue weighted by Crippen LogP contribution is -2.27. The highest BCUT2D eigenvalue weighted by molar-refractivity contribution is 5.92. The quantitative estimate of drug-likeness (QED) is 0.914. The summed E-state index contributed by atoms with van der Waals surface area (Å²) in [4.78, 5) is 16.0. The van der Waals surface area contributed by atoms with Crippen LogP contribution >= 0.6 is 0 Å². The van der Waals surface area contributed by atoms with E-state index in [0.717, 1.165) is 11.3 Å². The smallest absolute Gasteiger partial charge is 0.270 e. The van der Waals surface area contributed by atoms with Crippen molar-refractivity contribution in [3.8, 4) is 5.75 Å². The fraction of sp³-hybridized carbons (Fsp3) is 0.200. The molecule has 1 heterocycles. The number of pyridine rings is 1. The number of benzene rings is 1. The van der Waals surface area contributed by atoms with Gasteiger partial charge in [0.25, 0.3) is 5.91 Å². The number of aromatic nitrogens is 1. The van der Waals surface area contributed by atoms with Gasteiger partial charge < -0.3 is 10.1 Å². The van der Waals surface area contributed by atoms with Crippen molar-refractivity contribution in [1.29, 1.82) is 0 Å². The van der Waals surface area contributed by atoms with Gasteiger partial charge in [-0.3, -0.25) is 9.78 Å². The zero-order valence-electron chi connectivity index (χ0n) is 11.0. The third-order valence-corrected chi connectivity index (χ3v) is 2.85. The van der Waals surface area contributed by atoms with E-state index in [1.165, 1.54) is 0 Å². The minimum Gasteiger partial charge on any atom is -0.496 e. The molecule has 0 fully saturated rings. The number of ether oxygens (including phenoxy) is 1. The summed E-state index contributed by atoms with van der Waals surface area (Å²) in [5.74, 6) is 0.565. The number of para-hydroxylation sites is 1. The molecule has 19 heavy (non-hydrogen) atoms. The molecular weight excluding hydrogens is 240 g/mol. The normalized spacial score (nSPS) is 11.7. The Balaban J connectivity index is 2.13. The van der Waals surface area contributed by atoms with Crippen LogP contribution < -0.4 is 10.1 Å². The van der Waals surface area contributed by atoms with Crippen molar-refractivity contribution >= 4 is 5.91 Å². The number of nitrogens with one attached hydrogen (secondary N) is 1. The molecule has 4 nitrogen and oxygen atoms in total. The maximum Gasteiger partial charge on any atom is 0.270 e. The molecule has 0 aliphatic carbocycles. The van der Waals surface area contributed by atoms with E-state index in [0.29, 0.717) is 5.69 Å². The second-order valence-corrected chi connectivity index (χ2v) is 4.15. The number of amides is 1. The number of carbonyl (C=O) groups excluding carboxylic acids is 1. The first-order valence-corrected chi connectivity index (χ1v) is 6.07. The Kier molecular flexibility index (Phi) is 4.13. The van der Waals surface area contributed by atoms with Crippen LogP contribution in [0.25, 0.3) is 0 Å². The van der Waals surface area contributed by atoms with Crippen LogP contribution in [-0.4, -0.2) is 18.0 Å². The van der Waals surface area contributed by atoms with Gasteiger partial charge in [0.15, 0.2) is 0 Å². The first-order valence-electron chi connectivity index (χ1n) is 6.07. The highest BCUT2D eigenvalue weighted by Crippen LogP contribution is 2.24. The zero-order valence-corrected chi connectivity index (χ0v) is 11.0. The van der Waals surface area contributed by atoms with E-state index in [4.69, 9.17) is 4.74 Å². The summed E-state index contributed by atoms with van der Waals surface area (Å²) in [5, 5.41) is 2.91. The predicted octanol–water partition coefficient (Wildman–Crippen LogP) is 2.58. The summed E-state index contributed by atoms with van der Waals surface area (Å²) in [6, 6.07) is 12.7.